The summed E-state index contributed by atoms with van der Waals surface area (Å²) in [4.78, 5) is 22.9. The fourth-order valence-electron chi connectivity index (χ4n) is 3.05. The molecule has 0 spiro atoms. The highest BCUT2D eigenvalue weighted by Crippen LogP contribution is 2.39. The molecule has 0 unspecified atom stereocenters. The second-order valence-corrected chi connectivity index (χ2v) is 5.69. The van der Waals surface area contributed by atoms with Crippen LogP contribution in [0.2, 0.25) is 0 Å². The molecular weight excluding hydrogens is 316 g/mol. The van der Waals surface area contributed by atoms with Gasteiger partial charge in [0, 0.05) is 17.7 Å². The van der Waals surface area contributed by atoms with Crippen LogP contribution >= 0.6 is 0 Å². The van der Waals surface area contributed by atoms with Gasteiger partial charge in [-0.1, -0.05) is 49.6 Å². The quantitative estimate of drug-likeness (QED) is 0.509. The SMILES string of the molecule is C=CC(=O)OCc1ccc2c(c1COC(=O)C=C)Cc1ccccc1-2. The molecule has 0 heterocycles. The van der Waals surface area contributed by atoms with E-state index in [-0.39, 0.29) is 13.2 Å². The van der Waals surface area contributed by atoms with E-state index in [1.165, 1.54) is 11.1 Å². The Bertz CT molecular complexity index is 864. The van der Waals surface area contributed by atoms with Crippen molar-refractivity contribution < 1.29 is 19.1 Å². The first-order chi connectivity index (χ1) is 12.1. The maximum atomic E-state index is 11.5. The van der Waals surface area contributed by atoms with Crippen LogP contribution in [0.5, 0.6) is 0 Å². The monoisotopic (exact) mass is 334 g/mol. The number of hydrogen-bond acceptors (Lipinski definition) is 4. The van der Waals surface area contributed by atoms with E-state index in [9.17, 15) is 9.59 Å². The van der Waals surface area contributed by atoms with Crippen molar-refractivity contribution >= 4 is 11.9 Å². The van der Waals surface area contributed by atoms with E-state index in [0.717, 1.165) is 40.8 Å². The lowest BCUT2D eigenvalue weighted by Crippen LogP contribution is -2.09. The van der Waals surface area contributed by atoms with Gasteiger partial charge in [0.15, 0.2) is 0 Å². The number of hydrogen-bond donors (Lipinski definition) is 0. The van der Waals surface area contributed by atoms with Crippen molar-refractivity contribution in [2.75, 3.05) is 0 Å². The summed E-state index contributed by atoms with van der Waals surface area (Å²) in [7, 11) is 0. The first-order valence-corrected chi connectivity index (χ1v) is 7.94. The normalized spacial score (nSPS) is 11.2. The smallest absolute Gasteiger partial charge is 0.330 e. The van der Waals surface area contributed by atoms with E-state index in [4.69, 9.17) is 9.47 Å². The molecule has 0 aliphatic heterocycles. The summed E-state index contributed by atoms with van der Waals surface area (Å²) < 4.78 is 10.4. The fourth-order valence-corrected chi connectivity index (χ4v) is 3.05. The van der Waals surface area contributed by atoms with Crippen molar-refractivity contribution in [3.05, 3.63) is 84.0 Å². The molecule has 0 fully saturated rings. The topological polar surface area (TPSA) is 52.6 Å². The minimum atomic E-state index is -0.488. The zero-order valence-corrected chi connectivity index (χ0v) is 13.8. The molecule has 0 N–H and O–H groups in total. The van der Waals surface area contributed by atoms with Crippen molar-refractivity contribution in [3.63, 3.8) is 0 Å². The molecule has 0 radical (unpaired) electrons. The van der Waals surface area contributed by atoms with Gasteiger partial charge in [0.25, 0.3) is 0 Å². The zero-order chi connectivity index (χ0) is 17.8. The Hall–Kier alpha value is -3.14. The number of carbonyl (C=O) groups excluding carboxylic acids is 2. The van der Waals surface area contributed by atoms with Crippen molar-refractivity contribution in [2.24, 2.45) is 0 Å². The predicted octanol–water partition coefficient (Wildman–Crippen LogP) is 3.72. The Kier molecular flexibility index (Phi) is 4.80. The molecule has 25 heavy (non-hydrogen) atoms. The van der Waals surface area contributed by atoms with Gasteiger partial charge in [-0.3, -0.25) is 0 Å². The van der Waals surface area contributed by atoms with Crippen LogP contribution in [0.25, 0.3) is 11.1 Å². The second kappa shape index (κ2) is 7.18. The third-order valence-corrected chi connectivity index (χ3v) is 4.26. The van der Waals surface area contributed by atoms with Crippen LogP contribution in [0.4, 0.5) is 0 Å². The molecule has 1 aliphatic carbocycles. The summed E-state index contributed by atoms with van der Waals surface area (Å²) in [6.45, 7) is 7.03. The van der Waals surface area contributed by atoms with Crippen molar-refractivity contribution in [2.45, 2.75) is 19.6 Å². The second-order valence-electron chi connectivity index (χ2n) is 5.69. The number of carbonyl (C=O) groups is 2. The van der Waals surface area contributed by atoms with Crippen LogP contribution < -0.4 is 0 Å². The average Bonchev–Trinajstić information content (AvgIpc) is 3.02. The molecule has 1 aliphatic rings. The third-order valence-electron chi connectivity index (χ3n) is 4.26. The molecular formula is C21H18O4. The van der Waals surface area contributed by atoms with Crippen molar-refractivity contribution in [1.29, 1.82) is 0 Å². The highest BCUT2D eigenvalue weighted by Gasteiger charge is 2.23. The molecule has 0 aromatic heterocycles. The summed E-state index contributed by atoms with van der Waals surface area (Å²) >= 11 is 0. The van der Waals surface area contributed by atoms with Crippen LogP contribution in [0.1, 0.15) is 22.3 Å². The summed E-state index contributed by atoms with van der Waals surface area (Å²) in [5.74, 6) is -0.972. The summed E-state index contributed by atoms with van der Waals surface area (Å²) in [6.07, 6.45) is 3.02. The average molecular weight is 334 g/mol. The Morgan fingerprint density at radius 1 is 0.920 bits per heavy atom. The molecule has 2 aromatic carbocycles. The van der Waals surface area contributed by atoms with Crippen LogP contribution in [-0.4, -0.2) is 11.9 Å². The largest absolute Gasteiger partial charge is 0.458 e. The van der Waals surface area contributed by atoms with E-state index in [1.54, 1.807) is 0 Å². The van der Waals surface area contributed by atoms with E-state index in [1.807, 2.05) is 24.3 Å². The van der Waals surface area contributed by atoms with Gasteiger partial charge in [-0.25, -0.2) is 9.59 Å². The maximum Gasteiger partial charge on any atom is 0.330 e. The van der Waals surface area contributed by atoms with Crippen LogP contribution in [-0.2, 0) is 38.7 Å². The van der Waals surface area contributed by atoms with Gasteiger partial charge in [-0.05, 0) is 34.2 Å². The molecule has 0 saturated heterocycles. The number of benzene rings is 2. The lowest BCUT2D eigenvalue weighted by atomic mass is 9.97. The highest BCUT2D eigenvalue weighted by atomic mass is 16.5. The Labute approximate surface area is 146 Å². The maximum absolute atomic E-state index is 11.5. The molecule has 2 aromatic rings. The molecule has 3 rings (SSSR count). The number of fused-ring (bicyclic) bond motifs is 3. The summed E-state index contributed by atoms with van der Waals surface area (Å²) in [5, 5.41) is 0. The predicted molar refractivity (Wildman–Crippen MR) is 94.7 cm³/mol. The first-order valence-electron chi connectivity index (χ1n) is 7.94. The molecule has 4 nitrogen and oxygen atoms in total. The standard InChI is InChI=1S/C21H18O4/c1-3-20(22)24-12-15-9-10-17-16-8-6-5-7-14(16)11-18(17)19(15)13-25-21(23)4-2/h3-10H,1-2,11-13H2. The molecule has 4 heteroatoms. The van der Waals surface area contributed by atoms with Gasteiger partial charge in [0.2, 0.25) is 0 Å². The molecule has 126 valence electrons. The van der Waals surface area contributed by atoms with E-state index in [0.29, 0.717) is 0 Å². The first kappa shape index (κ1) is 16.7. The Morgan fingerprint density at radius 2 is 1.60 bits per heavy atom. The zero-order valence-electron chi connectivity index (χ0n) is 13.8. The van der Waals surface area contributed by atoms with Crippen molar-refractivity contribution in [3.8, 4) is 11.1 Å². The van der Waals surface area contributed by atoms with E-state index < -0.39 is 11.9 Å². The lowest BCUT2D eigenvalue weighted by Gasteiger charge is -2.15. The van der Waals surface area contributed by atoms with Crippen LogP contribution in [0.15, 0.2) is 61.7 Å². The summed E-state index contributed by atoms with van der Waals surface area (Å²) in [5.41, 5.74) is 6.33. The van der Waals surface area contributed by atoms with Gasteiger partial charge >= 0.3 is 11.9 Å². The Balaban J connectivity index is 1.97. The highest BCUT2D eigenvalue weighted by molar-refractivity contribution is 5.82. The Morgan fingerprint density at radius 3 is 2.32 bits per heavy atom. The van der Waals surface area contributed by atoms with Gasteiger partial charge in [-0.15, -0.1) is 0 Å². The van der Waals surface area contributed by atoms with Gasteiger partial charge in [0.1, 0.15) is 13.2 Å². The minimum absolute atomic E-state index is 0.107. The molecule has 0 bridgehead atoms. The van der Waals surface area contributed by atoms with Crippen molar-refractivity contribution in [1.82, 2.24) is 0 Å². The fraction of sp³-hybridized carbons (Fsp3) is 0.143. The molecule has 0 amide bonds. The van der Waals surface area contributed by atoms with E-state index >= 15 is 0 Å². The van der Waals surface area contributed by atoms with Crippen LogP contribution in [0.3, 0.4) is 0 Å². The number of ether oxygens (including phenoxy) is 2. The number of rotatable bonds is 6. The number of esters is 2. The third kappa shape index (κ3) is 3.38. The lowest BCUT2D eigenvalue weighted by molar-refractivity contribution is -0.140. The molecule has 0 saturated carbocycles. The van der Waals surface area contributed by atoms with Gasteiger partial charge < -0.3 is 9.47 Å². The molecule has 0 atom stereocenters. The van der Waals surface area contributed by atoms with E-state index in [2.05, 4.69) is 25.3 Å². The van der Waals surface area contributed by atoms with Gasteiger partial charge in [-0.2, -0.15) is 0 Å². The van der Waals surface area contributed by atoms with Crippen LogP contribution in [0, 0.1) is 0 Å². The summed E-state index contributed by atoms with van der Waals surface area (Å²) in [6, 6.07) is 12.1. The minimum Gasteiger partial charge on any atom is -0.458 e. The van der Waals surface area contributed by atoms with Gasteiger partial charge in [0.05, 0.1) is 0 Å².